The monoisotopic (exact) mass is 301 g/mol. The van der Waals surface area contributed by atoms with E-state index in [9.17, 15) is 0 Å². The Balaban J connectivity index is 2.38. The van der Waals surface area contributed by atoms with Gasteiger partial charge in [0.25, 0.3) is 0 Å². The molecule has 14 heavy (non-hydrogen) atoms. The second kappa shape index (κ2) is 4.25. The smallest absolute Gasteiger partial charge is 0.130 e. The summed E-state index contributed by atoms with van der Waals surface area (Å²) in [6, 6.07) is 1.99. The maximum atomic E-state index is 4.49. The van der Waals surface area contributed by atoms with Crippen molar-refractivity contribution in [2.75, 3.05) is 0 Å². The van der Waals surface area contributed by atoms with Crippen LogP contribution >= 0.6 is 22.6 Å². The zero-order valence-electron chi connectivity index (χ0n) is 8.05. The first-order valence-electron chi connectivity index (χ1n) is 4.80. The molecule has 4 heteroatoms. The van der Waals surface area contributed by atoms with Gasteiger partial charge < -0.3 is 4.98 Å². The van der Waals surface area contributed by atoms with E-state index in [0.29, 0.717) is 0 Å². The number of nitrogens with one attached hydrogen (secondary N) is 1. The molecule has 74 valence electrons. The SMILES string of the molecule is CCCCc1nc(I)c2[nH]ccc2n1. The summed E-state index contributed by atoms with van der Waals surface area (Å²) in [5.74, 6) is 0.961. The van der Waals surface area contributed by atoms with Gasteiger partial charge in [0.2, 0.25) is 0 Å². The number of fused-ring (bicyclic) bond motifs is 1. The molecule has 1 N–H and O–H groups in total. The Morgan fingerprint density at radius 2 is 2.29 bits per heavy atom. The predicted octanol–water partition coefficient (Wildman–Crippen LogP) is 2.91. The fourth-order valence-electron chi connectivity index (χ4n) is 1.40. The fraction of sp³-hybridized carbons (Fsp3) is 0.400. The van der Waals surface area contributed by atoms with Crippen molar-refractivity contribution in [2.45, 2.75) is 26.2 Å². The molecule has 0 aliphatic rings. The van der Waals surface area contributed by atoms with Crippen molar-refractivity contribution >= 4 is 33.6 Å². The van der Waals surface area contributed by atoms with Gasteiger partial charge in [0.15, 0.2) is 0 Å². The Hall–Kier alpha value is -0.650. The van der Waals surface area contributed by atoms with Crippen LogP contribution in [0.2, 0.25) is 0 Å². The summed E-state index contributed by atoms with van der Waals surface area (Å²) in [6.45, 7) is 2.18. The highest BCUT2D eigenvalue weighted by Crippen LogP contribution is 2.16. The molecule has 0 saturated carbocycles. The molecule has 0 aliphatic carbocycles. The van der Waals surface area contributed by atoms with Crippen LogP contribution in [0.25, 0.3) is 11.0 Å². The summed E-state index contributed by atoms with van der Waals surface area (Å²) in [4.78, 5) is 12.1. The van der Waals surface area contributed by atoms with Crippen LogP contribution in [0, 0.1) is 3.70 Å². The molecule has 2 rings (SSSR count). The summed E-state index contributed by atoms with van der Waals surface area (Å²) in [5, 5.41) is 0. The molecule has 2 heterocycles. The fourth-order valence-corrected chi connectivity index (χ4v) is 2.11. The molecule has 0 saturated heterocycles. The lowest BCUT2D eigenvalue weighted by atomic mass is 10.2. The van der Waals surface area contributed by atoms with Crippen molar-refractivity contribution in [1.82, 2.24) is 15.0 Å². The maximum Gasteiger partial charge on any atom is 0.130 e. The number of aromatic nitrogens is 3. The van der Waals surface area contributed by atoms with Gasteiger partial charge in [-0.1, -0.05) is 13.3 Å². The van der Waals surface area contributed by atoms with Crippen LogP contribution in [0.3, 0.4) is 0 Å². The van der Waals surface area contributed by atoms with Crippen molar-refractivity contribution in [3.63, 3.8) is 0 Å². The first-order chi connectivity index (χ1) is 6.81. The van der Waals surface area contributed by atoms with Crippen molar-refractivity contribution in [1.29, 1.82) is 0 Å². The molecule has 0 spiro atoms. The number of halogens is 1. The molecular weight excluding hydrogens is 289 g/mol. The minimum Gasteiger partial charge on any atom is -0.358 e. The minimum absolute atomic E-state index is 0.961. The van der Waals surface area contributed by atoms with E-state index in [-0.39, 0.29) is 0 Å². The number of aromatic amines is 1. The number of rotatable bonds is 3. The van der Waals surface area contributed by atoms with E-state index in [0.717, 1.165) is 33.4 Å². The average molecular weight is 301 g/mol. The number of hydrogen-bond acceptors (Lipinski definition) is 2. The highest BCUT2D eigenvalue weighted by molar-refractivity contribution is 14.1. The van der Waals surface area contributed by atoms with Gasteiger partial charge in [-0.05, 0) is 35.1 Å². The lowest BCUT2D eigenvalue weighted by molar-refractivity contribution is 0.754. The number of hydrogen-bond donors (Lipinski definition) is 1. The van der Waals surface area contributed by atoms with E-state index < -0.39 is 0 Å². The molecule has 2 aromatic heterocycles. The van der Waals surface area contributed by atoms with Crippen LogP contribution in [-0.2, 0) is 6.42 Å². The van der Waals surface area contributed by atoms with E-state index in [1.54, 1.807) is 0 Å². The number of unbranched alkanes of at least 4 members (excludes halogenated alkanes) is 1. The van der Waals surface area contributed by atoms with Gasteiger partial charge in [0.05, 0.1) is 11.0 Å². The molecule has 0 amide bonds. The molecule has 0 aliphatic heterocycles. The van der Waals surface area contributed by atoms with Crippen molar-refractivity contribution < 1.29 is 0 Å². The van der Waals surface area contributed by atoms with Crippen LogP contribution in [0.5, 0.6) is 0 Å². The Bertz CT molecular complexity index is 436. The zero-order chi connectivity index (χ0) is 9.97. The van der Waals surface area contributed by atoms with Crippen LogP contribution in [0.15, 0.2) is 12.3 Å². The van der Waals surface area contributed by atoms with E-state index >= 15 is 0 Å². The van der Waals surface area contributed by atoms with Gasteiger partial charge in [-0.3, -0.25) is 0 Å². The van der Waals surface area contributed by atoms with Gasteiger partial charge in [-0.15, -0.1) is 0 Å². The van der Waals surface area contributed by atoms with Gasteiger partial charge in [-0.25, -0.2) is 9.97 Å². The summed E-state index contributed by atoms with van der Waals surface area (Å²) in [6.07, 6.45) is 5.23. The Morgan fingerprint density at radius 3 is 3.07 bits per heavy atom. The van der Waals surface area contributed by atoms with Crippen LogP contribution in [-0.4, -0.2) is 15.0 Å². The van der Waals surface area contributed by atoms with Crippen LogP contribution in [0.4, 0.5) is 0 Å². The third kappa shape index (κ3) is 1.89. The summed E-state index contributed by atoms with van der Waals surface area (Å²) in [7, 11) is 0. The zero-order valence-corrected chi connectivity index (χ0v) is 10.2. The third-order valence-electron chi connectivity index (χ3n) is 2.16. The largest absolute Gasteiger partial charge is 0.358 e. The van der Waals surface area contributed by atoms with Gasteiger partial charge in [0.1, 0.15) is 9.53 Å². The number of aryl methyl sites for hydroxylation is 1. The second-order valence-corrected chi connectivity index (χ2v) is 4.29. The quantitative estimate of drug-likeness (QED) is 0.699. The molecule has 0 radical (unpaired) electrons. The standard InChI is InChI=1S/C10H12IN3/c1-2-3-4-8-13-7-5-6-12-9(7)10(11)14-8/h5-6,12H,2-4H2,1H3. The first-order valence-corrected chi connectivity index (χ1v) is 5.88. The lowest BCUT2D eigenvalue weighted by Crippen LogP contribution is -1.97. The molecular formula is C10H12IN3. The molecule has 0 atom stereocenters. The second-order valence-electron chi connectivity index (χ2n) is 3.27. The summed E-state index contributed by atoms with van der Waals surface area (Å²) in [5.41, 5.74) is 2.07. The minimum atomic E-state index is 0.961. The molecule has 2 aromatic rings. The average Bonchev–Trinajstić information content (AvgIpc) is 2.63. The van der Waals surface area contributed by atoms with E-state index in [1.807, 2.05) is 12.3 Å². The molecule has 0 unspecified atom stereocenters. The first kappa shape index (κ1) is 9.89. The molecule has 0 fully saturated rings. The molecule has 0 aromatic carbocycles. The Kier molecular flexibility index (Phi) is 3.00. The summed E-state index contributed by atoms with van der Waals surface area (Å²) < 4.78 is 1.02. The predicted molar refractivity (Wildman–Crippen MR) is 65.2 cm³/mol. The van der Waals surface area contributed by atoms with Gasteiger partial charge in [-0.2, -0.15) is 0 Å². The molecule has 0 bridgehead atoms. The number of nitrogens with zero attached hydrogens (tertiary/aromatic N) is 2. The lowest BCUT2D eigenvalue weighted by Gasteiger charge is -2.00. The van der Waals surface area contributed by atoms with Gasteiger partial charge in [0, 0.05) is 12.6 Å². The van der Waals surface area contributed by atoms with E-state index in [1.165, 1.54) is 6.42 Å². The normalized spacial score (nSPS) is 11.0. The van der Waals surface area contributed by atoms with Crippen molar-refractivity contribution in [3.8, 4) is 0 Å². The van der Waals surface area contributed by atoms with Crippen molar-refractivity contribution in [3.05, 3.63) is 21.8 Å². The van der Waals surface area contributed by atoms with E-state index in [2.05, 4.69) is 44.5 Å². The van der Waals surface area contributed by atoms with Gasteiger partial charge >= 0.3 is 0 Å². The third-order valence-corrected chi connectivity index (χ3v) is 2.94. The topological polar surface area (TPSA) is 41.6 Å². The highest BCUT2D eigenvalue weighted by atomic mass is 127. The molecule has 3 nitrogen and oxygen atoms in total. The van der Waals surface area contributed by atoms with Crippen molar-refractivity contribution in [2.24, 2.45) is 0 Å². The van der Waals surface area contributed by atoms with Crippen LogP contribution < -0.4 is 0 Å². The Morgan fingerprint density at radius 1 is 1.43 bits per heavy atom. The summed E-state index contributed by atoms with van der Waals surface area (Å²) >= 11 is 2.25. The Labute approximate surface area is 96.5 Å². The highest BCUT2D eigenvalue weighted by Gasteiger charge is 2.05. The maximum absolute atomic E-state index is 4.49. The van der Waals surface area contributed by atoms with E-state index in [4.69, 9.17) is 0 Å². The van der Waals surface area contributed by atoms with Crippen LogP contribution in [0.1, 0.15) is 25.6 Å². The number of H-pyrrole nitrogens is 1.